The number of nitrogens with two attached hydrogens (primary N) is 1. The molecule has 1 aliphatic carbocycles. The van der Waals surface area contributed by atoms with Crippen molar-refractivity contribution in [2.75, 3.05) is 6.54 Å². The van der Waals surface area contributed by atoms with Gasteiger partial charge in [0.1, 0.15) is 12.4 Å². The summed E-state index contributed by atoms with van der Waals surface area (Å²) in [4.78, 5) is 24.0. The molecular formula is C24H25N5O. The Morgan fingerprint density at radius 2 is 1.73 bits per heavy atom. The minimum Gasteiger partial charge on any atom is -0.349 e. The van der Waals surface area contributed by atoms with E-state index in [1.54, 1.807) is 0 Å². The van der Waals surface area contributed by atoms with Crippen molar-refractivity contribution in [2.24, 2.45) is 5.73 Å². The monoisotopic (exact) mass is 399 g/mol. The van der Waals surface area contributed by atoms with Crippen LogP contribution in [-0.4, -0.2) is 33.4 Å². The number of fused-ring (bicyclic) bond motifs is 2. The molecule has 2 aromatic carbocycles. The van der Waals surface area contributed by atoms with E-state index in [1.807, 2.05) is 36.7 Å². The van der Waals surface area contributed by atoms with E-state index in [0.29, 0.717) is 6.54 Å². The van der Waals surface area contributed by atoms with E-state index in [1.165, 1.54) is 17.5 Å². The Morgan fingerprint density at radius 1 is 1.03 bits per heavy atom. The molecule has 2 aliphatic rings. The highest BCUT2D eigenvalue weighted by molar-refractivity contribution is 5.84. The Labute approximate surface area is 176 Å². The molecule has 152 valence electrons. The summed E-state index contributed by atoms with van der Waals surface area (Å²) >= 11 is 0. The molecule has 6 nitrogen and oxygen atoms in total. The summed E-state index contributed by atoms with van der Waals surface area (Å²) in [6.07, 6.45) is 6.84. The Balaban J connectivity index is 1.41. The van der Waals surface area contributed by atoms with Gasteiger partial charge in [-0.1, -0.05) is 48.5 Å². The fraction of sp³-hybridized carbons (Fsp3) is 0.292. The molecule has 0 radical (unpaired) electrons. The highest BCUT2D eigenvalue weighted by Crippen LogP contribution is 2.33. The van der Waals surface area contributed by atoms with Crippen LogP contribution in [0, 0.1) is 0 Å². The summed E-state index contributed by atoms with van der Waals surface area (Å²) in [7, 11) is 0. The standard InChI is InChI=1S/C24H25N5O/c25-22-19-7-3-2-6-18(19)11-21(22)28-24(30)23-20-8-4-1-5-17(20)9-10-29(23)14-16-12-26-15-27-13-16/h1-8,12-13,15,21-23H,9-11,14,25H2,(H,28,30)/t21-,22-,23?/m0/s1. The van der Waals surface area contributed by atoms with Gasteiger partial charge in [-0.2, -0.15) is 0 Å². The minimum absolute atomic E-state index is 0.00672. The zero-order chi connectivity index (χ0) is 20.5. The zero-order valence-corrected chi connectivity index (χ0v) is 16.7. The SMILES string of the molecule is N[C@H]1c2ccccc2C[C@@H]1NC(=O)C1c2ccccc2CCN1Cc1cncnc1. The molecule has 1 amide bonds. The summed E-state index contributed by atoms with van der Waals surface area (Å²) < 4.78 is 0. The van der Waals surface area contributed by atoms with Crippen LogP contribution in [0.5, 0.6) is 0 Å². The van der Waals surface area contributed by atoms with E-state index >= 15 is 0 Å². The van der Waals surface area contributed by atoms with Crippen molar-refractivity contribution in [2.45, 2.75) is 37.5 Å². The van der Waals surface area contributed by atoms with Gasteiger partial charge in [-0.05, 0) is 35.1 Å². The van der Waals surface area contributed by atoms with Crippen LogP contribution in [0.3, 0.4) is 0 Å². The number of amides is 1. The van der Waals surface area contributed by atoms with E-state index in [4.69, 9.17) is 5.73 Å². The molecule has 3 aromatic rings. The predicted molar refractivity (Wildman–Crippen MR) is 114 cm³/mol. The molecule has 0 bridgehead atoms. The summed E-state index contributed by atoms with van der Waals surface area (Å²) in [6, 6.07) is 15.8. The van der Waals surface area contributed by atoms with Gasteiger partial charge in [-0.3, -0.25) is 9.69 Å². The van der Waals surface area contributed by atoms with E-state index in [0.717, 1.165) is 36.1 Å². The van der Waals surface area contributed by atoms with Crippen LogP contribution in [0.4, 0.5) is 0 Å². The Kier molecular flexibility index (Phi) is 5.02. The normalized spacial score (nSPS) is 22.9. The third kappa shape index (κ3) is 3.49. The largest absolute Gasteiger partial charge is 0.349 e. The van der Waals surface area contributed by atoms with E-state index in [2.05, 4.69) is 44.5 Å². The van der Waals surface area contributed by atoms with Crippen molar-refractivity contribution in [1.29, 1.82) is 0 Å². The van der Waals surface area contributed by atoms with Crippen molar-refractivity contribution >= 4 is 5.91 Å². The van der Waals surface area contributed by atoms with Gasteiger partial charge in [-0.15, -0.1) is 0 Å². The Hall–Kier alpha value is -3.09. The summed E-state index contributed by atoms with van der Waals surface area (Å²) in [5, 5.41) is 3.27. The average Bonchev–Trinajstić information content (AvgIpc) is 3.09. The van der Waals surface area contributed by atoms with E-state index < -0.39 is 0 Å². The van der Waals surface area contributed by atoms with Crippen LogP contribution >= 0.6 is 0 Å². The van der Waals surface area contributed by atoms with Crippen LogP contribution < -0.4 is 11.1 Å². The molecule has 3 atom stereocenters. The molecule has 1 aromatic heterocycles. The summed E-state index contributed by atoms with van der Waals surface area (Å²) in [5.41, 5.74) is 12.1. The quantitative estimate of drug-likeness (QED) is 0.703. The number of hydrogen-bond donors (Lipinski definition) is 2. The number of carbonyl (C=O) groups is 1. The van der Waals surface area contributed by atoms with Gasteiger partial charge in [0.15, 0.2) is 0 Å². The highest BCUT2D eigenvalue weighted by Gasteiger charge is 2.37. The number of carbonyl (C=O) groups excluding carboxylic acids is 1. The van der Waals surface area contributed by atoms with Crippen molar-refractivity contribution in [3.05, 3.63) is 95.1 Å². The molecule has 0 saturated heterocycles. The fourth-order valence-corrected chi connectivity index (χ4v) is 4.77. The highest BCUT2D eigenvalue weighted by atomic mass is 16.2. The second-order valence-electron chi connectivity index (χ2n) is 8.11. The first-order chi connectivity index (χ1) is 14.7. The summed E-state index contributed by atoms with van der Waals surface area (Å²) in [6.45, 7) is 1.44. The van der Waals surface area contributed by atoms with Crippen LogP contribution in [-0.2, 0) is 24.2 Å². The maximum absolute atomic E-state index is 13.6. The van der Waals surface area contributed by atoms with Gasteiger partial charge in [0.25, 0.3) is 0 Å². The Bertz CT molecular complexity index is 1050. The lowest BCUT2D eigenvalue weighted by molar-refractivity contribution is -0.128. The van der Waals surface area contributed by atoms with Crippen LogP contribution in [0.1, 0.15) is 39.9 Å². The van der Waals surface area contributed by atoms with Gasteiger partial charge in [0.2, 0.25) is 5.91 Å². The lowest BCUT2D eigenvalue weighted by Crippen LogP contribution is -2.49. The number of benzene rings is 2. The minimum atomic E-state index is -0.355. The van der Waals surface area contributed by atoms with Crippen molar-refractivity contribution in [3.63, 3.8) is 0 Å². The van der Waals surface area contributed by atoms with Crippen molar-refractivity contribution in [3.8, 4) is 0 Å². The first kappa shape index (κ1) is 18.9. The molecule has 3 N–H and O–H groups in total. The van der Waals surface area contributed by atoms with E-state index in [9.17, 15) is 4.79 Å². The molecular weight excluding hydrogens is 374 g/mol. The van der Waals surface area contributed by atoms with Crippen molar-refractivity contribution < 1.29 is 4.79 Å². The lowest BCUT2D eigenvalue weighted by atomic mass is 9.91. The van der Waals surface area contributed by atoms with Gasteiger partial charge in [0, 0.05) is 31.0 Å². The summed E-state index contributed by atoms with van der Waals surface area (Å²) in [5.74, 6) is 0.00672. The second kappa shape index (κ2) is 7.97. The average molecular weight is 399 g/mol. The zero-order valence-electron chi connectivity index (χ0n) is 16.7. The Morgan fingerprint density at radius 3 is 2.50 bits per heavy atom. The van der Waals surface area contributed by atoms with E-state index in [-0.39, 0.29) is 24.0 Å². The first-order valence-corrected chi connectivity index (χ1v) is 10.4. The van der Waals surface area contributed by atoms with Crippen LogP contribution in [0.15, 0.2) is 67.3 Å². The molecule has 2 heterocycles. The lowest BCUT2D eigenvalue weighted by Gasteiger charge is -2.37. The number of rotatable bonds is 4. The number of nitrogens with one attached hydrogen (secondary N) is 1. The molecule has 6 heteroatoms. The second-order valence-corrected chi connectivity index (χ2v) is 8.11. The third-order valence-electron chi connectivity index (χ3n) is 6.25. The molecule has 0 fully saturated rings. The number of nitrogens with zero attached hydrogens (tertiary/aromatic N) is 3. The van der Waals surface area contributed by atoms with Gasteiger partial charge < -0.3 is 11.1 Å². The number of aromatic nitrogens is 2. The molecule has 5 rings (SSSR count). The van der Waals surface area contributed by atoms with Gasteiger partial charge in [-0.25, -0.2) is 9.97 Å². The third-order valence-corrected chi connectivity index (χ3v) is 6.25. The van der Waals surface area contributed by atoms with Crippen LogP contribution in [0.25, 0.3) is 0 Å². The van der Waals surface area contributed by atoms with Gasteiger partial charge >= 0.3 is 0 Å². The first-order valence-electron chi connectivity index (χ1n) is 10.4. The fourth-order valence-electron chi connectivity index (χ4n) is 4.77. The maximum Gasteiger partial charge on any atom is 0.242 e. The van der Waals surface area contributed by atoms with Crippen molar-refractivity contribution in [1.82, 2.24) is 20.2 Å². The van der Waals surface area contributed by atoms with Crippen LogP contribution in [0.2, 0.25) is 0 Å². The molecule has 0 saturated carbocycles. The molecule has 1 aliphatic heterocycles. The van der Waals surface area contributed by atoms with Gasteiger partial charge in [0.05, 0.1) is 12.1 Å². The smallest absolute Gasteiger partial charge is 0.242 e. The number of hydrogen-bond acceptors (Lipinski definition) is 5. The predicted octanol–water partition coefficient (Wildman–Crippen LogP) is 2.32. The molecule has 0 spiro atoms. The topological polar surface area (TPSA) is 84.1 Å². The maximum atomic E-state index is 13.6. The molecule has 1 unspecified atom stereocenters. The molecule has 30 heavy (non-hydrogen) atoms.